The Labute approximate surface area is 121 Å². The summed E-state index contributed by atoms with van der Waals surface area (Å²) in [6.45, 7) is 2.13. The molecule has 0 heterocycles. The first-order chi connectivity index (χ1) is 9.61. The number of carbonyl (C=O) groups is 2. The molecule has 0 aromatic carbocycles. The predicted molar refractivity (Wildman–Crippen MR) is 77.3 cm³/mol. The Bertz CT molecular complexity index is 350. The molecule has 1 amide bonds. The number of carboxylic acids is 1. The third-order valence-corrected chi connectivity index (χ3v) is 5.14. The molecular formula is C16H27NO3. The van der Waals surface area contributed by atoms with Crippen LogP contribution in [-0.2, 0) is 9.59 Å². The number of hydrogen-bond donors (Lipinski definition) is 2. The number of hydrogen-bond acceptors (Lipinski definition) is 2. The van der Waals surface area contributed by atoms with Crippen LogP contribution in [0.1, 0.15) is 64.7 Å². The molecule has 0 spiro atoms. The molecule has 114 valence electrons. The van der Waals surface area contributed by atoms with Crippen LogP contribution in [0.15, 0.2) is 0 Å². The van der Waals surface area contributed by atoms with Crippen molar-refractivity contribution < 1.29 is 14.7 Å². The van der Waals surface area contributed by atoms with Crippen LogP contribution in [0.2, 0.25) is 0 Å². The van der Waals surface area contributed by atoms with Gasteiger partial charge in [0.05, 0.1) is 5.92 Å². The van der Waals surface area contributed by atoms with E-state index in [-0.39, 0.29) is 23.8 Å². The van der Waals surface area contributed by atoms with E-state index in [0.29, 0.717) is 18.8 Å². The highest BCUT2D eigenvalue weighted by atomic mass is 16.4. The zero-order chi connectivity index (χ0) is 14.5. The van der Waals surface area contributed by atoms with Gasteiger partial charge in [-0.05, 0) is 44.4 Å². The highest BCUT2D eigenvalue weighted by Crippen LogP contribution is 2.32. The average Bonchev–Trinajstić information content (AvgIpc) is 2.95. The first kappa shape index (κ1) is 15.3. The number of nitrogens with one attached hydrogen (secondary N) is 1. The van der Waals surface area contributed by atoms with Crippen molar-refractivity contribution in [3.05, 3.63) is 0 Å². The van der Waals surface area contributed by atoms with E-state index in [0.717, 1.165) is 12.8 Å². The standard InChI is InChI=1S/C16H27NO3/c1-2-14(11-6-4-3-5-7-11)17-15(18)12-8-9-13(10-12)16(19)20/h11-14H,2-10H2,1H3,(H,17,18)(H,19,20)/t12-,13+,14?/m1/s1. The van der Waals surface area contributed by atoms with E-state index < -0.39 is 5.97 Å². The molecule has 2 aliphatic carbocycles. The number of amides is 1. The fraction of sp³-hybridized carbons (Fsp3) is 0.875. The SMILES string of the molecule is CCC(NC(=O)[C@@H]1CC[C@H](C(=O)O)C1)C1CCCCC1. The van der Waals surface area contributed by atoms with Gasteiger partial charge in [0.25, 0.3) is 0 Å². The van der Waals surface area contributed by atoms with Gasteiger partial charge in [-0.2, -0.15) is 0 Å². The molecule has 2 saturated carbocycles. The van der Waals surface area contributed by atoms with Gasteiger partial charge in [-0.15, -0.1) is 0 Å². The average molecular weight is 281 g/mol. The van der Waals surface area contributed by atoms with E-state index in [1.807, 2.05) is 0 Å². The van der Waals surface area contributed by atoms with Crippen molar-refractivity contribution in [2.24, 2.45) is 17.8 Å². The van der Waals surface area contributed by atoms with Crippen molar-refractivity contribution >= 4 is 11.9 Å². The highest BCUT2D eigenvalue weighted by molar-refractivity contribution is 5.81. The fourth-order valence-corrected chi connectivity index (χ4v) is 3.83. The predicted octanol–water partition coefficient (Wildman–Crippen LogP) is 2.96. The lowest BCUT2D eigenvalue weighted by molar-refractivity contribution is -0.141. The monoisotopic (exact) mass is 281 g/mol. The summed E-state index contributed by atoms with van der Waals surface area (Å²) in [5.41, 5.74) is 0. The van der Waals surface area contributed by atoms with E-state index in [1.54, 1.807) is 0 Å². The molecule has 0 saturated heterocycles. The van der Waals surface area contributed by atoms with Crippen LogP contribution in [0.25, 0.3) is 0 Å². The summed E-state index contributed by atoms with van der Waals surface area (Å²) >= 11 is 0. The van der Waals surface area contributed by atoms with Crippen LogP contribution in [0.4, 0.5) is 0 Å². The van der Waals surface area contributed by atoms with Gasteiger partial charge >= 0.3 is 5.97 Å². The lowest BCUT2D eigenvalue weighted by Gasteiger charge is -2.31. The van der Waals surface area contributed by atoms with Gasteiger partial charge in [-0.25, -0.2) is 0 Å². The van der Waals surface area contributed by atoms with Gasteiger partial charge in [0.1, 0.15) is 0 Å². The van der Waals surface area contributed by atoms with Gasteiger partial charge in [0.15, 0.2) is 0 Å². The summed E-state index contributed by atoms with van der Waals surface area (Å²) < 4.78 is 0. The minimum absolute atomic E-state index is 0.0890. The Morgan fingerprint density at radius 2 is 1.75 bits per heavy atom. The molecule has 0 aromatic rings. The summed E-state index contributed by atoms with van der Waals surface area (Å²) in [6, 6.07) is 0.284. The zero-order valence-electron chi connectivity index (χ0n) is 12.4. The van der Waals surface area contributed by atoms with Crippen molar-refractivity contribution in [1.82, 2.24) is 5.32 Å². The minimum atomic E-state index is -0.750. The number of rotatable bonds is 5. The third kappa shape index (κ3) is 3.74. The number of carbonyl (C=O) groups excluding carboxylic acids is 1. The topological polar surface area (TPSA) is 66.4 Å². The van der Waals surface area contributed by atoms with E-state index in [9.17, 15) is 9.59 Å². The minimum Gasteiger partial charge on any atom is -0.481 e. The summed E-state index contributed by atoms with van der Waals surface area (Å²) in [4.78, 5) is 23.3. The third-order valence-electron chi connectivity index (χ3n) is 5.14. The Balaban J connectivity index is 1.84. The van der Waals surface area contributed by atoms with Crippen LogP contribution in [0.5, 0.6) is 0 Å². The van der Waals surface area contributed by atoms with Crippen LogP contribution in [0, 0.1) is 17.8 Å². The normalized spacial score (nSPS) is 29.1. The quantitative estimate of drug-likeness (QED) is 0.814. The summed E-state index contributed by atoms with van der Waals surface area (Å²) in [7, 11) is 0. The maximum atomic E-state index is 12.3. The van der Waals surface area contributed by atoms with E-state index in [2.05, 4.69) is 12.2 Å². The van der Waals surface area contributed by atoms with Crippen LogP contribution >= 0.6 is 0 Å². The van der Waals surface area contributed by atoms with Crippen LogP contribution in [0.3, 0.4) is 0 Å². The summed E-state index contributed by atoms with van der Waals surface area (Å²) in [6.07, 6.45) is 9.20. The zero-order valence-corrected chi connectivity index (χ0v) is 12.4. The molecule has 0 bridgehead atoms. The van der Waals surface area contributed by atoms with Gasteiger partial charge in [0.2, 0.25) is 5.91 Å². The largest absolute Gasteiger partial charge is 0.481 e. The molecule has 4 nitrogen and oxygen atoms in total. The molecule has 2 fully saturated rings. The molecule has 0 aliphatic heterocycles. The molecule has 3 atom stereocenters. The highest BCUT2D eigenvalue weighted by Gasteiger charge is 2.35. The van der Waals surface area contributed by atoms with Gasteiger partial charge in [-0.1, -0.05) is 26.2 Å². The molecule has 0 aromatic heterocycles. The van der Waals surface area contributed by atoms with Crippen molar-refractivity contribution in [3.63, 3.8) is 0 Å². The van der Waals surface area contributed by atoms with Gasteiger partial charge in [-0.3, -0.25) is 9.59 Å². The molecule has 1 unspecified atom stereocenters. The summed E-state index contributed by atoms with van der Waals surface area (Å²) in [5.74, 6) is -0.450. The Hall–Kier alpha value is -1.06. The Morgan fingerprint density at radius 1 is 1.10 bits per heavy atom. The smallest absolute Gasteiger partial charge is 0.306 e. The van der Waals surface area contributed by atoms with Crippen molar-refractivity contribution in [2.75, 3.05) is 0 Å². The maximum Gasteiger partial charge on any atom is 0.306 e. The molecular weight excluding hydrogens is 254 g/mol. The molecule has 4 heteroatoms. The van der Waals surface area contributed by atoms with Crippen LogP contribution < -0.4 is 5.32 Å². The molecule has 2 aliphatic rings. The maximum absolute atomic E-state index is 12.3. The lowest BCUT2D eigenvalue weighted by Crippen LogP contribution is -2.43. The second-order valence-corrected chi connectivity index (χ2v) is 6.47. The lowest BCUT2D eigenvalue weighted by atomic mass is 9.82. The molecule has 0 radical (unpaired) electrons. The Kier molecular flexibility index (Phi) is 5.44. The van der Waals surface area contributed by atoms with Gasteiger partial charge in [0, 0.05) is 12.0 Å². The van der Waals surface area contributed by atoms with E-state index in [1.165, 1.54) is 32.1 Å². The van der Waals surface area contributed by atoms with Crippen molar-refractivity contribution in [3.8, 4) is 0 Å². The first-order valence-electron chi connectivity index (χ1n) is 8.15. The van der Waals surface area contributed by atoms with E-state index in [4.69, 9.17) is 5.11 Å². The second kappa shape index (κ2) is 7.09. The number of aliphatic carboxylic acids is 1. The molecule has 2 N–H and O–H groups in total. The van der Waals surface area contributed by atoms with Gasteiger partial charge < -0.3 is 10.4 Å². The number of carboxylic acid groups (broad SMARTS) is 1. The Morgan fingerprint density at radius 3 is 2.30 bits per heavy atom. The first-order valence-corrected chi connectivity index (χ1v) is 8.15. The molecule has 2 rings (SSSR count). The molecule has 20 heavy (non-hydrogen) atoms. The van der Waals surface area contributed by atoms with E-state index >= 15 is 0 Å². The summed E-state index contributed by atoms with van der Waals surface area (Å²) in [5, 5.41) is 12.2. The van der Waals surface area contributed by atoms with Crippen molar-refractivity contribution in [1.29, 1.82) is 0 Å². The van der Waals surface area contributed by atoms with Crippen molar-refractivity contribution in [2.45, 2.75) is 70.8 Å². The fourth-order valence-electron chi connectivity index (χ4n) is 3.83. The van der Waals surface area contributed by atoms with Crippen LogP contribution in [-0.4, -0.2) is 23.0 Å². The second-order valence-electron chi connectivity index (χ2n) is 6.47.